The summed E-state index contributed by atoms with van der Waals surface area (Å²) in [5.41, 5.74) is -0.0718. The standard InChI is InChI=1S/C9H20O.C6H14O2/c1-8(2)6-7-10-9(3,4)5;1-6(2,3)8-5-4-7/h8H,6-7H2,1-5H3;7H,4-5H2,1-3H3. The highest BCUT2D eigenvalue weighted by Crippen LogP contribution is 2.09. The lowest BCUT2D eigenvalue weighted by molar-refractivity contribution is -0.0199. The number of hydrogen-bond donors (Lipinski definition) is 1. The van der Waals surface area contributed by atoms with E-state index in [1.54, 1.807) is 0 Å². The van der Waals surface area contributed by atoms with Gasteiger partial charge in [-0.25, -0.2) is 0 Å². The molecule has 3 heteroatoms. The quantitative estimate of drug-likeness (QED) is 0.822. The van der Waals surface area contributed by atoms with Crippen LogP contribution in [-0.4, -0.2) is 36.1 Å². The maximum atomic E-state index is 8.30. The van der Waals surface area contributed by atoms with Crippen LogP contribution in [0, 0.1) is 5.92 Å². The summed E-state index contributed by atoms with van der Waals surface area (Å²) in [5.74, 6) is 0.752. The monoisotopic (exact) mass is 262 g/mol. The molecule has 0 bridgehead atoms. The minimum atomic E-state index is -0.108. The van der Waals surface area contributed by atoms with Gasteiger partial charge in [-0.05, 0) is 53.9 Å². The van der Waals surface area contributed by atoms with E-state index in [4.69, 9.17) is 14.6 Å². The lowest BCUT2D eigenvalue weighted by Gasteiger charge is -2.19. The van der Waals surface area contributed by atoms with Crippen LogP contribution in [0.1, 0.15) is 61.8 Å². The van der Waals surface area contributed by atoms with Gasteiger partial charge in [0, 0.05) is 6.61 Å². The molecule has 0 saturated carbocycles. The zero-order chi connectivity index (χ0) is 14.8. The van der Waals surface area contributed by atoms with Crippen molar-refractivity contribution in [2.24, 2.45) is 5.92 Å². The zero-order valence-corrected chi connectivity index (χ0v) is 13.7. The zero-order valence-electron chi connectivity index (χ0n) is 13.7. The third-order valence-electron chi connectivity index (χ3n) is 1.86. The summed E-state index contributed by atoms with van der Waals surface area (Å²) in [4.78, 5) is 0. The number of ether oxygens (including phenoxy) is 2. The molecule has 0 aromatic rings. The summed E-state index contributed by atoms with van der Waals surface area (Å²) in [6.45, 7) is 18.0. The molecule has 3 nitrogen and oxygen atoms in total. The lowest BCUT2D eigenvalue weighted by Crippen LogP contribution is -2.20. The van der Waals surface area contributed by atoms with Gasteiger partial charge in [-0.3, -0.25) is 0 Å². The van der Waals surface area contributed by atoms with Crippen molar-refractivity contribution in [3.63, 3.8) is 0 Å². The minimum absolute atomic E-state index is 0.0366. The van der Waals surface area contributed by atoms with Crippen molar-refractivity contribution < 1.29 is 14.6 Å². The van der Waals surface area contributed by atoms with Crippen molar-refractivity contribution in [2.75, 3.05) is 19.8 Å². The summed E-state index contributed by atoms with van der Waals surface area (Å²) in [6, 6.07) is 0. The van der Waals surface area contributed by atoms with E-state index in [0.717, 1.165) is 18.9 Å². The van der Waals surface area contributed by atoms with Crippen LogP contribution in [0.3, 0.4) is 0 Å². The van der Waals surface area contributed by atoms with Crippen LogP contribution in [0.2, 0.25) is 0 Å². The van der Waals surface area contributed by atoms with Gasteiger partial charge in [-0.2, -0.15) is 0 Å². The molecule has 0 saturated heterocycles. The molecule has 0 radical (unpaired) electrons. The molecule has 112 valence electrons. The second kappa shape index (κ2) is 9.76. The molecule has 0 fully saturated rings. The third kappa shape index (κ3) is 24.9. The van der Waals surface area contributed by atoms with Crippen molar-refractivity contribution in [1.82, 2.24) is 0 Å². The predicted octanol–water partition coefficient (Wildman–Crippen LogP) is 3.64. The Morgan fingerprint density at radius 3 is 1.44 bits per heavy atom. The number of rotatable bonds is 5. The highest BCUT2D eigenvalue weighted by atomic mass is 16.5. The van der Waals surface area contributed by atoms with Crippen LogP contribution < -0.4 is 0 Å². The number of aliphatic hydroxyl groups is 1. The lowest BCUT2D eigenvalue weighted by atomic mass is 10.1. The molecule has 0 aromatic heterocycles. The third-order valence-corrected chi connectivity index (χ3v) is 1.86. The molecule has 0 aromatic carbocycles. The van der Waals surface area contributed by atoms with Crippen LogP contribution in [0.15, 0.2) is 0 Å². The fourth-order valence-corrected chi connectivity index (χ4v) is 0.953. The van der Waals surface area contributed by atoms with Crippen molar-refractivity contribution in [3.05, 3.63) is 0 Å². The summed E-state index contributed by atoms with van der Waals surface area (Å²) in [6.07, 6.45) is 1.16. The molecule has 18 heavy (non-hydrogen) atoms. The molecule has 0 aliphatic carbocycles. The molecule has 0 spiro atoms. The molecular formula is C15H34O3. The highest BCUT2D eigenvalue weighted by Gasteiger charge is 2.09. The van der Waals surface area contributed by atoms with Gasteiger partial charge in [0.25, 0.3) is 0 Å². The summed E-state index contributed by atoms with van der Waals surface area (Å²) >= 11 is 0. The Balaban J connectivity index is 0. The van der Waals surface area contributed by atoms with E-state index in [9.17, 15) is 0 Å². The van der Waals surface area contributed by atoms with E-state index in [1.807, 2.05) is 20.8 Å². The second-order valence-corrected chi connectivity index (χ2v) is 6.83. The first kappa shape index (κ1) is 20.2. The highest BCUT2D eigenvalue weighted by molar-refractivity contribution is 4.58. The van der Waals surface area contributed by atoms with Gasteiger partial charge in [0.1, 0.15) is 0 Å². The molecular weight excluding hydrogens is 228 g/mol. The van der Waals surface area contributed by atoms with Gasteiger partial charge >= 0.3 is 0 Å². The fraction of sp³-hybridized carbons (Fsp3) is 1.00. The maximum absolute atomic E-state index is 8.30. The molecule has 0 unspecified atom stereocenters. The van der Waals surface area contributed by atoms with Gasteiger partial charge in [0.05, 0.1) is 24.4 Å². The van der Waals surface area contributed by atoms with Crippen LogP contribution in [-0.2, 0) is 9.47 Å². The Kier molecular flexibility index (Phi) is 11.0. The Labute approximate surface area is 114 Å². The Hall–Kier alpha value is -0.120. The Bertz CT molecular complexity index is 175. The predicted molar refractivity (Wildman–Crippen MR) is 78.0 cm³/mol. The maximum Gasteiger partial charge on any atom is 0.0704 e. The van der Waals surface area contributed by atoms with Crippen LogP contribution >= 0.6 is 0 Å². The average Bonchev–Trinajstić information content (AvgIpc) is 2.11. The van der Waals surface area contributed by atoms with E-state index in [0.29, 0.717) is 6.61 Å². The van der Waals surface area contributed by atoms with Gasteiger partial charge < -0.3 is 14.6 Å². The smallest absolute Gasteiger partial charge is 0.0704 e. The topological polar surface area (TPSA) is 38.7 Å². The first-order valence-electron chi connectivity index (χ1n) is 6.86. The number of aliphatic hydroxyl groups excluding tert-OH is 1. The van der Waals surface area contributed by atoms with Crippen LogP contribution in [0.5, 0.6) is 0 Å². The Morgan fingerprint density at radius 2 is 1.22 bits per heavy atom. The van der Waals surface area contributed by atoms with Crippen molar-refractivity contribution >= 4 is 0 Å². The first-order chi connectivity index (χ1) is 7.98. The van der Waals surface area contributed by atoms with Crippen molar-refractivity contribution in [2.45, 2.75) is 73.0 Å². The molecule has 0 aliphatic heterocycles. The Morgan fingerprint density at radius 1 is 0.833 bits per heavy atom. The fourth-order valence-electron chi connectivity index (χ4n) is 0.953. The van der Waals surface area contributed by atoms with Crippen LogP contribution in [0.25, 0.3) is 0 Å². The second-order valence-electron chi connectivity index (χ2n) is 6.83. The van der Waals surface area contributed by atoms with Gasteiger partial charge in [0.15, 0.2) is 0 Å². The molecule has 1 N–H and O–H groups in total. The van der Waals surface area contributed by atoms with E-state index in [2.05, 4.69) is 34.6 Å². The van der Waals surface area contributed by atoms with Gasteiger partial charge in [-0.15, -0.1) is 0 Å². The van der Waals surface area contributed by atoms with Crippen molar-refractivity contribution in [3.8, 4) is 0 Å². The van der Waals surface area contributed by atoms with E-state index in [-0.39, 0.29) is 17.8 Å². The molecule has 0 heterocycles. The molecule has 0 aliphatic rings. The van der Waals surface area contributed by atoms with E-state index < -0.39 is 0 Å². The average molecular weight is 262 g/mol. The van der Waals surface area contributed by atoms with Crippen LogP contribution in [0.4, 0.5) is 0 Å². The molecule has 0 amide bonds. The summed E-state index contributed by atoms with van der Waals surface area (Å²) < 4.78 is 10.7. The van der Waals surface area contributed by atoms with Gasteiger partial charge in [0.2, 0.25) is 0 Å². The van der Waals surface area contributed by atoms with Crippen molar-refractivity contribution in [1.29, 1.82) is 0 Å². The van der Waals surface area contributed by atoms with E-state index >= 15 is 0 Å². The molecule has 0 rings (SSSR count). The number of hydrogen-bond acceptors (Lipinski definition) is 3. The molecule has 0 atom stereocenters. The largest absolute Gasteiger partial charge is 0.394 e. The van der Waals surface area contributed by atoms with E-state index in [1.165, 1.54) is 0 Å². The minimum Gasteiger partial charge on any atom is -0.394 e. The first-order valence-corrected chi connectivity index (χ1v) is 6.86. The SMILES string of the molecule is CC(C)(C)OCCO.CC(C)CCOC(C)(C)C. The summed E-state index contributed by atoms with van der Waals surface area (Å²) in [5, 5.41) is 8.30. The van der Waals surface area contributed by atoms with Gasteiger partial charge in [-0.1, -0.05) is 13.8 Å². The normalized spacial score (nSPS) is 12.3. The summed E-state index contributed by atoms with van der Waals surface area (Å²) in [7, 11) is 0.